The molecule has 4 rings (SSSR count). The number of carbonyl (C=O) groups is 1. The van der Waals surface area contributed by atoms with Crippen LogP contribution in [0.2, 0.25) is 0 Å². The van der Waals surface area contributed by atoms with Gasteiger partial charge in [-0.15, -0.1) is 4.40 Å². The largest absolute Gasteiger partial charge is 0.355 e. The number of likely N-dealkylation sites (tertiary alicyclic amines) is 1. The molecule has 0 spiro atoms. The minimum Gasteiger partial charge on any atom is -0.355 e. The van der Waals surface area contributed by atoms with Gasteiger partial charge in [-0.25, -0.2) is 4.68 Å². The molecular formula is C21H27N5O3S. The van der Waals surface area contributed by atoms with E-state index in [-0.39, 0.29) is 22.3 Å². The monoisotopic (exact) mass is 429 g/mol. The van der Waals surface area contributed by atoms with Crippen molar-refractivity contribution in [3.8, 4) is 0 Å². The Morgan fingerprint density at radius 1 is 1.23 bits per heavy atom. The highest BCUT2D eigenvalue weighted by Gasteiger charge is 2.35. The highest BCUT2D eigenvalue weighted by Crippen LogP contribution is 2.30. The SMILES string of the molecule is Cc1cc(NC(=O)C2CCCN(C3=NS(=O)(=O)c4ccccc43)C2)n(C(C)(C)C)n1. The number of rotatable bonds is 2. The van der Waals surface area contributed by atoms with Crippen molar-refractivity contribution in [2.24, 2.45) is 10.3 Å². The second-order valence-electron chi connectivity index (χ2n) is 8.91. The van der Waals surface area contributed by atoms with Crippen LogP contribution in [0.1, 0.15) is 44.9 Å². The molecule has 8 nitrogen and oxygen atoms in total. The summed E-state index contributed by atoms with van der Waals surface area (Å²) in [6.07, 6.45) is 1.53. The lowest BCUT2D eigenvalue weighted by atomic mass is 9.96. The van der Waals surface area contributed by atoms with Gasteiger partial charge in [0.25, 0.3) is 10.0 Å². The molecule has 2 aromatic rings. The van der Waals surface area contributed by atoms with Gasteiger partial charge >= 0.3 is 0 Å². The number of nitrogens with one attached hydrogen (secondary N) is 1. The third-order valence-corrected chi connectivity index (χ3v) is 6.75. The van der Waals surface area contributed by atoms with Gasteiger partial charge in [-0.05, 0) is 52.7 Å². The molecule has 1 saturated heterocycles. The quantitative estimate of drug-likeness (QED) is 0.792. The molecule has 1 aromatic carbocycles. The molecule has 1 aromatic heterocycles. The summed E-state index contributed by atoms with van der Waals surface area (Å²) in [5, 5.41) is 7.54. The van der Waals surface area contributed by atoms with E-state index < -0.39 is 10.0 Å². The first kappa shape index (κ1) is 20.6. The van der Waals surface area contributed by atoms with E-state index in [1.807, 2.05) is 43.3 Å². The van der Waals surface area contributed by atoms with E-state index in [1.165, 1.54) is 0 Å². The van der Waals surface area contributed by atoms with Crippen molar-refractivity contribution in [2.45, 2.75) is 51.0 Å². The zero-order valence-corrected chi connectivity index (χ0v) is 18.5. The molecule has 3 heterocycles. The summed E-state index contributed by atoms with van der Waals surface area (Å²) in [6, 6.07) is 8.72. The first-order valence-corrected chi connectivity index (χ1v) is 11.6. The molecule has 0 bridgehead atoms. The van der Waals surface area contributed by atoms with Gasteiger partial charge in [-0.2, -0.15) is 13.5 Å². The van der Waals surface area contributed by atoms with Crippen LogP contribution in [0.3, 0.4) is 0 Å². The number of hydrogen-bond acceptors (Lipinski definition) is 5. The Kier molecular flexibility index (Phi) is 4.96. The number of piperidine rings is 1. The highest BCUT2D eigenvalue weighted by molar-refractivity contribution is 7.90. The molecule has 0 aliphatic carbocycles. The maximum Gasteiger partial charge on any atom is 0.285 e. The maximum absolute atomic E-state index is 13.1. The third-order valence-electron chi connectivity index (χ3n) is 5.42. The number of sulfonamides is 1. The molecule has 1 amide bonds. The number of carbonyl (C=O) groups excluding carboxylic acids is 1. The Morgan fingerprint density at radius 3 is 2.70 bits per heavy atom. The van der Waals surface area contributed by atoms with Crippen LogP contribution in [0.4, 0.5) is 5.82 Å². The van der Waals surface area contributed by atoms with Crippen LogP contribution >= 0.6 is 0 Å². The van der Waals surface area contributed by atoms with E-state index in [1.54, 1.807) is 24.3 Å². The van der Waals surface area contributed by atoms with Crippen LogP contribution in [-0.2, 0) is 20.4 Å². The Bertz CT molecular complexity index is 1130. The molecule has 160 valence electrons. The summed E-state index contributed by atoms with van der Waals surface area (Å²) < 4.78 is 30.6. The minimum atomic E-state index is -3.68. The number of fused-ring (bicyclic) bond motifs is 1. The van der Waals surface area contributed by atoms with E-state index in [2.05, 4.69) is 14.8 Å². The Labute approximate surface area is 177 Å². The number of aryl methyl sites for hydroxylation is 1. The van der Waals surface area contributed by atoms with Crippen LogP contribution < -0.4 is 5.32 Å². The van der Waals surface area contributed by atoms with E-state index in [4.69, 9.17) is 0 Å². The molecule has 1 fully saturated rings. The van der Waals surface area contributed by atoms with Crippen LogP contribution in [0.5, 0.6) is 0 Å². The van der Waals surface area contributed by atoms with Crippen molar-refractivity contribution in [2.75, 3.05) is 18.4 Å². The van der Waals surface area contributed by atoms with Crippen molar-refractivity contribution in [1.29, 1.82) is 0 Å². The van der Waals surface area contributed by atoms with E-state index in [0.717, 1.165) is 18.5 Å². The van der Waals surface area contributed by atoms with Crippen molar-refractivity contribution in [1.82, 2.24) is 14.7 Å². The number of benzene rings is 1. The smallest absolute Gasteiger partial charge is 0.285 e. The van der Waals surface area contributed by atoms with Gasteiger partial charge in [0, 0.05) is 24.7 Å². The zero-order valence-electron chi connectivity index (χ0n) is 17.7. The topological polar surface area (TPSA) is 96.7 Å². The third kappa shape index (κ3) is 3.74. The molecule has 2 aliphatic heterocycles. The first-order chi connectivity index (χ1) is 14.1. The van der Waals surface area contributed by atoms with E-state index >= 15 is 0 Å². The first-order valence-electron chi connectivity index (χ1n) is 10.1. The molecule has 1 N–H and O–H groups in total. The molecule has 9 heteroatoms. The molecule has 1 atom stereocenters. The Balaban J connectivity index is 1.54. The summed E-state index contributed by atoms with van der Waals surface area (Å²) in [5.41, 5.74) is 1.19. The lowest BCUT2D eigenvalue weighted by Crippen LogP contribution is -2.44. The normalized spacial score (nSPS) is 20.6. The standard InChI is InChI=1S/C21H27N5O3S/c1-14-12-18(26(23-14)21(2,3)4)22-20(27)15-8-7-11-25(13-15)19-16-9-5-6-10-17(16)30(28,29)24-19/h5-6,9-10,12,15H,7-8,11,13H2,1-4H3,(H,22,27). The molecule has 0 saturated carbocycles. The van der Waals surface area contributed by atoms with Gasteiger partial charge in [0.1, 0.15) is 10.7 Å². The molecular weight excluding hydrogens is 402 g/mol. The van der Waals surface area contributed by atoms with Crippen molar-refractivity contribution in [3.05, 3.63) is 41.6 Å². The Morgan fingerprint density at radius 2 is 1.97 bits per heavy atom. The fourth-order valence-electron chi connectivity index (χ4n) is 4.03. The maximum atomic E-state index is 13.1. The fourth-order valence-corrected chi connectivity index (χ4v) is 5.26. The summed E-state index contributed by atoms with van der Waals surface area (Å²) in [5.74, 6) is 0.771. The number of amidine groups is 1. The van der Waals surface area contributed by atoms with E-state index in [9.17, 15) is 13.2 Å². The predicted octanol–water partition coefficient (Wildman–Crippen LogP) is 2.75. The minimum absolute atomic E-state index is 0.0835. The highest BCUT2D eigenvalue weighted by atomic mass is 32.2. The van der Waals surface area contributed by atoms with E-state index in [0.29, 0.717) is 30.3 Å². The van der Waals surface area contributed by atoms with Crippen molar-refractivity contribution in [3.63, 3.8) is 0 Å². The molecule has 1 unspecified atom stereocenters. The fraction of sp³-hybridized carbons (Fsp3) is 0.476. The van der Waals surface area contributed by atoms with Gasteiger partial charge in [0.15, 0.2) is 5.84 Å². The lowest BCUT2D eigenvalue weighted by molar-refractivity contribution is -0.121. The summed E-state index contributed by atoms with van der Waals surface area (Å²) in [7, 11) is -3.68. The number of nitrogens with zero attached hydrogens (tertiary/aromatic N) is 4. The number of anilines is 1. The van der Waals surface area contributed by atoms with Gasteiger partial charge in [-0.1, -0.05) is 12.1 Å². The molecule has 2 aliphatic rings. The second kappa shape index (κ2) is 7.23. The van der Waals surface area contributed by atoms with Gasteiger partial charge in [-0.3, -0.25) is 4.79 Å². The van der Waals surface area contributed by atoms with Crippen molar-refractivity contribution < 1.29 is 13.2 Å². The van der Waals surface area contributed by atoms with Crippen LogP contribution in [0.25, 0.3) is 0 Å². The summed E-state index contributed by atoms with van der Waals surface area (Å²) in [4.78, 5) is 15.2. The molecule has 0 radical (unpaired) electrons. The average molecular weight is 430 g/mol. The lowest BCUT2D eigenvalue weighted by Gasteiger charge is -2.33. The second-order valence-corrected chi connectivity index (χ2v) is 10.5. The van der Waals surface area contributed by atoms with Crippen molar-refractivity contribution >= 4 is 27.6 Å². The van der Waals surface area contributed by atoms with Crippen LogP contribution in [0.15, 0.2) is 39.6 Å². The number of amides is 1. The van der Waals surface area contributed by atoms with Gasteiger partial charge in [0.05, 0.1) is 17.2 Å². The average Bonchev–Trinajstić information content (AvgIpc) is 3.19. The molecule has 30 heavy (non-hydrogen) atoms. The Hall–Kier alpha value is -2.68. The summed E-state index contributed by atoms with van der Waals surface area (Å²) >= 11 is 0. The van der Waals surface area contributed by atoms with Gasteiger partial charge in [0.2, 0.25) is 5.91 Å². The number of hydrogen-bond donors (Lipinski definition) is 1. The zero-order chi connectivity index (χ0) is 21.7. The number of aromatic nitrogens is 2. The van der Waals surface area contributed by atoms with Gasteiger partial charge < -0.3 is 10.2 Å². The predicted molar refractivity (Wildman–Crippen MR) is 115 cm³/mol. The van der Waals surface area contributed by atoms with Crippen LogP contribution in [0, 0.1) is 12.8 Å². The summed E-state index contributed by atoms with van der Waals surface area (Å²) in [6.45, 7) is 9.10. The van der Waals surface area contributed by atoms with Crippen LogP contribution in [-0.4, -0.2) is 47.9 Å².